The molecule has 0 aromatic carbocycles. The maximum atomic E-state index is 2.30. The predicted octanol–water partition coefficient (Wildman–Crippen LogP) is 11.1. The fourth-order valence-corrected chi connectivity index (χ4v) is 5.21. The van der Waals surface area contributed by atoms with Crippen molar-refractivity contribution in [3.05, 3.63) is 0 Å². The molecule has 0 fully saturated rings. The summed E-state index contributed by atoms with van der Waals surface area (Å²) in [5.74, 6) is 2.82. The second-order valence-corrected chi connectivity index (χ2v) is 10.6. The number of unbranched alkanes of at least 4 members (excludes halogenated alkanes) is 22. The van der Waals surface area contributed by atoms with E-state index in [-0.39, 0.29) is 0 Å². The van der Waals surface area contributed by atoms with Gasteiger partial charge in [-0.25, -0.2) is 0 Å². The highest BCUT2D eigenvalue weighted by molar-refractivity contribution is 7.99. The summed E-state index contributed by atoms with van der Waals surface area (Å²) in [4.78, 5) is 0. The molecule has 0 radical (unpaired) electrons. The zero-order valence-electron chi connectivity index (χ0n) is 20.8. The zero-order valence-corrected chi connectivity index (χ0v) is 21.6. The summed E-state index contributed by atoms with van der Waals surface area (Å²) >= 11 is 2.21. The quantitative estimate of drug-likeness (QED) is 0.124. The molecule has 0 aromatic heterocycles. The molecule has 0 rings (SSSR count). The predicted molar refractivity (Wildman–Crippen MR) is 139 cm³/mol. The maximum absolute atomic E-state index is 2.30. The van der Waals surface area contributed by atoms with Crippen LogP contribution in [0.15, 0.2) is 0 Å². The number of thioether (sulfide) groups is 1. The van der Waals surface area contributed by atoms with Crippen LogP contribution < -0.4 is 0 Å². The van der Waals surface area contributed by atoms with Crippen LogP contribution in [0.5, 0.6) is 0 Å². The topological polar surface area (TPSA) is 0 Å². The molecule has 0 aliphatic rings. The third-order valence-corrected chi connectivity index (χ3v) is 7.44. The van der Waals surface area contributed by atoms with E-state index in [0.29, 0.717) is 0 Å². The Balaban J connectivity index is 2.97. The summed E-state index contributed by atoms with van der Waals surface area (Å²) in [5, 5.41) is 0. The van der Waals surface area contributed by atoms with E-state index < -0.39 is 0 Å². The minimum absolute atomic E-state index is 1.37. The molecule has 0 nitrogen and oxygen atoms in total. The molecular formula is C28H58S. The van der Waals surface area contributed by atoms with Gasteiger partial charge in [-0.3, -0.25) is 0 Å². The number of rotatable bonds is 26. The molecular weight excluding hydrogens is 368 g/mol. The monoisotopic (exact) mass is 426 g/mol. The largest absolute Gasteiger partial charge is 0.162 e. The van der Waals surface area contributed by atoms with Crippen molar-refractivity contribution in [3.8, 4) is 0 Å². The summed E-state index contributed by atoms with van der Waals surface area (Å²) in [7, 11) is 0. The van der Waals surface area contributed by atoms with Crippen molar-refractivity contribution < 1.29 is 0 Å². The van der Waals surface area contributed by atoms with Gasteiger partial charge >= 0.3 is 0 Å². The fraction of sp³-hybridized carbons (Fsp3) is 1.00. The first-order valence-electron chi connectivity index (χ1n) is 14.0. The molecule has 0 aliphatic heterocycles. The second kappa shape index (κ2) is 28.4. The van der Waals surface area contributed by atoms with Gasteiger partial charge in [0.15, 0.2) is 0 Å². The molecule has 0 unspecified atom stereocenters. The minimum Gasteiger partial charge on any atom is -0.162 e. The molecule has 29 heavy (non-hydrogen) atoms. The molecule has 0 amide bonds. The minimum atomic E-state index is 1.37. The summed E-state index contributed by atoms with van der Waals surface area (Å²) in [6.45, 7) is 4.61. The Kier molecular flexibility index (Phi) is 28.7. The summed E-state index contributed by atoms with van der Waals surface area (Å²) in [5.41, 5.74) is 0. The van der Waals surface area contributed by atoms with Crippen LogP contribution in [0, 0.1) is 0 Å². The Bertz CT molecular complexity index is 237. The van der Waals surface area contributed by atoms with Crippen molar-refractivity contribution in [1.82, 2.24) is 0 Å². The van der Waals surface area contributed by atoms with E-state index >= 15 is 0 Å². The Morgan fingerprint density at radius 3 is 0.724 bits per heavy atom. The zero-order chi connectivity index (χ0) is 21.1. The first kappa shape index (κ1) is 29.4. The van der Waals surface area contributed by atoms with Gasteiger partial charge in [-0.1, -0.05) is 155 Å². The van der Waals surface area contributed by atoms with E-state index in [9.17, 15) is 0 Å². The van der Waals surface area contributed by atoms with Gasteiger partial charge in [-0.05, 0) is 24.3 Å². The number of hydrogen-bond donors (Lipinski definition) is 0. The van der Waals surface area contributed by atoms with Crippen molar-refractivity contribution in [2.75, 3.05) is 11.5 Å². The SMILES string of the molecule is CCCCCCCCCCCCCCCCCCSCCCCCCCCCC. The normalized spacial score (nSPS) is 11.4. The molecule has 0 saturated carbocycles. The van der Waals surface area contributed by atoms with Crippen LogP contribution in [0.2, 0.25) is 0 Å². The van der Waals surface area contributed by atoms with Crippen LogP contribution in [0.3, 0.4) is 0 Å². The Labute approximate surface area is 191 Å². The molecule has 0 N–H and O–H groups in total. The van der Waals surface area contributed by atoms with Crippen LogP contribution in [-0.4, -0.2) is 11.5 Å². The van der Waals surface area contributed by atoms with Crippen LogP contribution in [0.25, 0.3) is 0 Å². The lowest BCUT2D eigenvalue weighted by Gasteiger charge is -2.04. The average Bonchev–Trinajstić information content (AvgIpc) is 2.74. The highest BCUT2D eigenvalue weighted by Crippen LogP contribution is 2.15. The van der Waals surface area contributed by atoms with Crippen molar-refractivity contribution in [2.45, 2.75) is 168 Å². The van der Waals surface area contributed by atoms with E-state index in [1.54, 1.807) is 0 Å². The van der Waals surface area contributed by atoms with Gasteiger partial charge in [0.1, 0.15) is 0 Å². The van der Waals surface area contributed by atoms with E-state index in [0.717, 1.165) is 0 Å². The van der Waals surface area contributed by atoms with Gasteiger partial charge in [0.2, 0.25) is 0 Å². The molecule has 1 heteroatoms. The van der Waals surface area contributed by atoms with E-state index in [1.165, 1.54) is 166 Å². The summed E-state index contributed by atoms with van der Waals surface area (Å²) < 4.78 is 0. The third kappa shape index (κ3) is 28.4. The lowest BCUT2D eigenvalue weighted by molar-refractivity contribution is 0.531. The summed E-state index contributed by atoms with van der Waals surface area (Å²) in [6.07, 6.45) is 35.2. The lowest BCUT2D eigenvalue weighted by atomic mass is 10.0. The van der Waals surface area contributed by atoms with Gasteiger partial charge in [-0.15, -0.1) is 0 Å². The molecule has 0 atom stereocenters. The Morgan fingerprint density at radius 1 is 0.276 bits per heavy atom. The van der Waals surface area contributed by atoms with Gasteiger partial charge in [0, 0.05) is 0 Å². The molecule has 176 valence electrons. The Hall–Kier alpha value is 0.350. The van der Waals surface area contributed by atoms with E-state index in [1.807, 2.05) is 0 Å². The molecule has 0 saturated heterocycles. The van der Waals surface area contributed by atoms with E-state index in [2.05, 4.69) is 25.6 Å². The molecule has 0 aromatic rings. The van der Waals surface area contributed by atoms with Crippen LogP contribution in [0.4, 0.5) is 0 Å². The van der Waals surface area contributed by atoms with Crippen molar-refractivity contribution in [2.24, 2.45) is 0 Å². The van der Waals surface area contributed by atoms with Gasteiger partial charge in [0.05, 0.1) is 0 Å². The Morgan fingerprint density at radius 2 is 0.483 bits per heavy atom. The van der Waals surface area contributed by atoms with Gasteiger partial charge < -0.3 is 0 Å². The first-order chi connectivity index (χ1) is 14.4. The molecule has 0 heterocycles. The van der Waals surface area contributed by atoms with Crippen molar-refractivity contribution >= 4 is 11.8 Å². The number of hydrogen-bond acceptors (Lipinski definition) is 1. The van der Waals surface area contributed by atoms with Gasteiger partial charge in [0.25, 0.3) is 0 Å². The van der Waals surface area contributed by atoms with Crippen molar-refractivity contribution in [3.63, 3.8) is 0 Å². The van der Waals surface area contributed by atoms with Crippen LogP contribution in [-0.2, 0) is 0 Å². The summed E-state index contributed by atoms with van der Waals surface area (Å²) in [6, 6.07) is 0. The third-order valence-electron chi connectivity index (χ3n) is 6.28. The lowest BCUT2D eigenvalue weighted by Crippen LogP contribution is -1.87. The van der Waals surface area contributed by atoms with Crippen molar-refractivity contribution in [1.29, 1.82) is 0 Å². The smallest absolute Gasteiger partial charge is 0.00675 e. The van der Waals surface area contributed by atoms with E-state index in [4.69, 9.17) is 0 Å². The van der Waals surface area contributed by atoms with Crippen LogP contribution >= 0.6 is 11.8 Å². The molecule has 0 bridgehead atoms. The standard InChI is InChI=1S/C28H58S/c1-3-5-7-9-11-13-14-15-16-17-18-19-20-22-24-26-28-29-27-25-23-21-12-10-8-6-4-2/h3-28H2,1-2H3. The van der Waals surface area contributed by atoms with Gasteiger partial charge in [-0.2, -0.15) is 11.8 Å². The van der Waals surface area contributed by atoms with Crippen LogP contribution in [0.1, 0.15) is 168 Å². The average molecular weight is 427 g/mol. The second-order valence-electron chi connectivity index (χ2n) is 9.39. The molecule has 0 aliphatic carbocycles. The first-order valence-corrected chi connectivity index (χ1v) is 15.1. The maximum Gasteiger partial charge on any atom is -0.00675 e. The highest BCUT2D eigenvalue weighted by atomic mass is 32.2. The molecule has 0 spiro atoms. The fourth-order valence-electron chi connectivity index (χ4n) is 4.19. The highest BCUT2D eigenvalue weighted by Gasteiger charge is 1.96.